The van der Waals surface area contributed by atoms with Gasteiger partial charge in [-0.2, -0.15) is 0 Å². The molecule has 19 heteroatoms. The van der Waals surface area contributed by atoms with E-state index in [9.17, 15) is 9.59 Å². The number of fused-ring (bicyclic) bond motifs is 4. The molecule has 13 nitrogen and oxygen atoms in total. The van der Waals surface area contributed by atoms with Crippen LogP contribution in [0.1, 0.15) is 75.5 Å². The van der Waals surface area contributed by atoms with Gasteiger partial charge in [0, 0.05) is 130 Å². The van der Waals surface area contributed by atoms with E-state index < -0.39 is 155 Å². The van der Waals surface area contributed by atoms with Crippen LogP contribution in [0.3, 0.4) is 0 Å². The minimum absolute atomic E-state index is 0. The SMILES string of the molecule is C.Cl.O=CO[O-].[2H]c1c(OC([2H])([2H])C([2H])([2H])C([2H])([2H])C([2H])([2H])Br)c([2H])c2[nH]c(=O)c([2H])c([2H])c2c1[2H].[2H]c1cc([2H])c2sccc2c1N1CCN(C([2H])([2H])C([2H])([2H])C([2H])([2H])C([2H])([2H])Oc2c([2H])c([2H])c3c([2H])c([2H])c(=O)[nH]c3c2[2H])CC1.[2H]c1cc([2H])c2sccc2c1N1CCNCC1.[H-].[K+].[K+]. The number of carbonyl (C=O) groups excluding carboxylic acids is 1. The number of aromatic amines is 2. The van der Waals surface area contributed by atoms with E-state index in [0.29, 0.717) is 27.9 Å². The Kier molecular flexibility index (Phi) is 15.1. The van der Waals surface area contributed by atoms with E-state index in [0.717, 1.165) is 46.9 Å². The number of hydrogen-bond donors (Lipinski definition) is 3. The van der Waals surface area contributed by atoms with Crippen molar-refractivity contribution in [1.82, 2.24) is 20.2 Å². The third-order valence-electron chi connectivity index (χ3n) is 9.19. The molecule has 8 aromatic rings. The monoisotopic (exact) mass is 1170 g/mol. The molecular formula is C52H62BrClK2N6O7S2. The van der Waals surface area contributed by atoms with Crippen LogP contribution in [0.15, 0.2) is 129 Å². The van der Waals surface area contributed by atoms with Gasteiger partial charge in [0.05, 0.1) is 48.8 Å². The number of benzene rings is 4. The molecular weight excluding hydrogens is 1080 g/mol. The van der Waals surface area contributed by atoms with Gasteiger partial charge in [-0.05, 0) is 126 Å². The number of ether oxygens (including phenoxy) is 2. The summed E-state index contributed by atoms with van der Waals surface area (Å²) in [5.74, 6) is -2.08. The molecule has 4 aromatic carbocycles. The van der Waals surface area contributed by atoms with Crippen LogP contribution in [0.4, 0.5) is 11.4 Å². The smallest absolute Gasteiger partial charge is 1.00 e. The maximum Gasteiger partial charge on any atom is 1.00 e. The summed E-state index contributed by atoms with van der Waals surface area (Å²) in [4.78, 5) is 44.4. The van der Waals surface area contributed by atoms with Gasteiger partial charge in [0.2, 0.25) is 11.1 Å². The number of aromatic nitrogens is 2. The van der Waals surface area contributed by atoms with E-state index in [1.165, 1.54) is 17.4 Å². The Labute approximate surface area is 567 Å². The molecule has 10 rings (SSSR count). The molecule has 6 heterocycles. The van der Waals surface area contributed by atoms with Gasteiger partial charge in [0.25, 0.3) is 6.47 Å². The van der Waals surface area contributed by atoms with Gasteiger partial charge >= 0.3 is 103 Å². The topological polar surface area (TPSA) is 155 Å². The van der Waals surface area contributed by atoms with E-state index in [1.807, 2.05) is 11.4 Å². The molecule has 2 aliphatic heterocycles. The Morgan fingerprint density at radius 3 is 1.63 bits per heavy atom. The van der Waals surface area contributed by atoms with Crippen molar-refractivity contribution in [3.63, 3.8) is 0 Å². The van der Waals surface area contributed by atoms with Crippen LogP contribution in [0.5, 0.6) is 11.5 Å². The number of carbonyl (C=O) groups is 1. The molecule has 0 amide bonds. The van der Waals surface area contributed by atoms with Crippen LogP contribution < -0.4 is 144 Å². The van der Waals surface area contributed by atoms with Crippen molar-refractivity contribution in [1.29, 1.82) is 0 Å². The molecule has 0 spiro atoms. The predicted octanol–water partition coefficient (Wildman–Crippen LogP) is 3.73. The van der Waals surface area contributed by atoms with Crippen LogP contribution in [0.25, 0.3) is 42.0 Å². The van der Waals surface area contributed by atoms with E-state index >= 15 is 0 Å². The Morgan fingerprint density at radius 1 is 0.690 bits per heavy atom. The molecule has 0 atom stereocenters. The second kappa shape index (κ2) is 34.4. The zero-order chi connectivity index (χ0) is 73.2. The van der Waals surface area contributed by atoms with E-state index in [1.54, 1.807) is 33.7 Å². The molecule has 2 saturated heterocycles. The number of nitrogens with zero attached hydrogens (tertiary/aromatic N) is 3. The maximum absolute atomic E-state index is 12.1. The van der Waals surface area contributed by atoms with Crippen molar-refractivity contribution in [2.45, 2.75) is 32.9 Å². The van der Waals surface area contributed by atoms with Gasteiger partial charge < -0.3 is 46.1 Å². The standard InChI is InChI=1S/C25H27N3O2S.C13H14BrNO2.C12H14N2S.CH2O3.CH4.ClH.2K.H/c29-25-9-7-19-6-8-20(18-22(19)26-25)30-16-2-1-11-27-12-14-28(15-13-27)23-4-3-5-24-21(23)10-17-31-24;14-7-1-2-8-17-11-5-3-10-4-6-13(16)15-12(10)9-11;1-2-11(14-7-5-13-6-8-14)10-4-9-15-12(10)3-1;2-1-4-3;;;;;/h3-10,17-18H,1-2,11-16H2,(H,26,29);3-6,9H,1-2,7-8H2,(H,15,16);1-4,9,13H,5-8H2;1,3H;1H4;1H;;;/q;;;;;;2*+1;-1/p-1/i1D2,2D2,4D,5D,6D,7D,8D,9D,11D2,16D2,18D;1D2,2D2,3D,4D,5D,6D,7D2,8D2,9D;2D,3D;;;;;;. The average molecular weight is 1170 g/mol. The van der Waals surface area contributed by atoms with Crippen LogP contribution >= 0.6 is 51.0 Å². The number of H-pyrrole nitrogens is 2. The van der Waals surface area contributed by atoms with Gasteiger partial charge in [0.15, 0.2) is 0 Å². The molecule has 0 aliphatic carbocycles. The third-order valence-corrected chi connectivity index (χ3v) is 11.1. The predicted molar refractivity (Wildman–Crippen MR) is 292 cm³/mol. The molecule has 71 heavy (non-hydrogen) atoms. The minimum atomic E-state index is -3.79. The fourth-order valence-corrected chi connectivity index (χ4v) is 7.90. The molecule has 2 fully saturated rings. The summed E-state index contributed by atoms with van der Waals surface area (Å²) in [7, 11) is 0. The summed E-state index contributed by atoms with van der Waals surface area (Å²) in [5, 5.41) is 13.4. The van der Waals surface area contributed by atoms with Crippen molar-refractivity contribution in [3.05, 3.63) is 140 Å². The summed E-state index contributed by atoms with van der Waals surface area (Å²) in [6, 6.07) is -0.380. The first kappa shape index (κ1) is 31.1. The molecule has 2 aliphatic rings. The minimum Gasteiger partial charge on any atom is -1.00 e. The number of thiophene rings is 2. The largest absolute Gasteiger partial charge is 1.00 e. The fraction of sp³-hybridized carbons (Fsp3) is 0.327. The number of nitrogens with one attached hydrogen (secondary N) is 3. The van der Waals surface area contributed by atoms with Crippen molar-refractivity contribution in [2.24, 2.45) is 0 Å². The molecule has 0 radical (unpaired) electrons. The summed E-state index contributed by atoms with van der Waals surface area (Å²) in [6.07, 6.45) is -14.6. The van der Waals surface area contributed by atoms with Gasteiger partial charge in [-0.1, -0.05) is 35.5 Å². The summed E-state index contributed by atoms with van der Waals surface area (Å²) < 4.78 is 254. The number of piperazine rings is 2. The number of rotatable bonds is 14. The van der Waals surface area contributed by atoms with Gasteiger partial charge in [-0.25, -0.2) is 0 Å². The van der Waals surface area contributed by atoms with Crippen molar-refractivity contribution < 1.29 is 170 Å². The van der Waals surface area contributed by atoms with Crippen LogP contribution in [-0.2, 0) is 9.68 Å². The average Bonchev–Trinajstić information content (AvgIpc) is 1.58. The number of alkyl halides is 1. The maximum atomic E-state index is 12.1. The first-order valence-electron chi connectivity index (χ1n) is 34.6. The number of anilines is 2. The van der Waals surface area contributed by atoms with E-state index in [-0.39, 0.29) is 169 Å². The Bertz CT molecular complexity index is 4470. The number of halogens is 2. The first-order valence-corrected chi connectivity index (χ1v) is 22.2. The molecule has 0 saturated carbocycles. The molecule has 370 valence electrons. The molecule has 3 N–H and O–H groups in total. The Hall–Kier alpha value is -2.19. The Morgan fingerprint density at radius 2 is 1.15 bits per heavy atom. The van der Waals surface area contributed by atoms with Crippen molar-refractivity contribution in [3.8, 4) is 11.5 Å². The van der Waals surface area contributed by atoms with E-state index in [2.05, 4.69) is 41.0 Å². The summed E-state index contributed by atoms with van der Waals surface area (Å²) >= 11 is 5.26. The first-order chi connectivity index (χ1) is 44.6. The summed E-state index contributed by atoms with van der Waals surface area (Å²) in [6.45, 7) is -6.96. The van der Waals surface area contributed by atoms with E-state index in [4.69, 9.17) is 60.6 Å². The Balaban J connectivity index is 0.000000542. The van der Waals surface area contributed by atoms with Gasteiger partial charge in [0.1, 0.15) is 11.5 Å². The van der Waals surface area contributed by atoms with Gasteiger partial charge in [-0.15, -0.1) is 35.1 Å². The van der Waals surface area contributed by atoms with Crippen LogP contribution in [0.2, 0.25) is 0 Å². The number of hydrogen-bond acceptors (Lipinski definition) is 13. The van der Waals surface area contributed by atoms with Crippen molar-refractivity contribution in [2.75, 3.05) is 87.1 Å². The zero-order valence-corrected chi connectivity index (χ0v) is 47.3. The second-order valence-electron chi connectivity index (χ2n) is 13.2. The quantitative estimate of drug-likeness (QED) is 0.0480. The molecule has 0 unspecified atom stereocenters. The second-order valence-corrected chi connectivity index (χ2v) is 15.5. The van der Waals surface area contributed by atoms with Gasteiger partial charge in [-0.3, -0.25) is 19.3 Å². The van der Waals surface area contributed by atoms with Crippen LogP contribution in [-0.4, -0.2) is 98.6 Å². The number of pyridine rings is 2. The molecule has 4 aromatic heterocycles. The fourth-order valence-electron chi connectivity index (χ4n) is 6.28. The third kappa shape index (κ3) is 19.5. The van der Waals surface area contributed by atoms with Crippen LogP contribution in [0, 0.1) is 0 Å². The summed E-state index contributed by atoms with van der Waals surface area (Å²) in [5.41, 5.74) is -1.72. The normalized spacial score (nSPS) is 20.8. The molecule has 0 bridgehead atoms. The zero-order valence-electron chi connectivity index (χ0n) is 68.0. The van der Waals surface area contributed by atoms with Crippen molar-refractivity contribution >= 4 is 111 Å².